The van der Waals surface area contributed by atoms with Gasteiger partial charge in [-0.2, -0.15) is 5.10 Å². The molecule has 3 fully saturated rings. The zero-order valence-electron chi connectivity index (χ0n) is 20.2. The number of carbonyl (C=O) groups excluding carboxylic acids is 1. The average Bonchev–Trinajstić information content (AvgIpc) is 3.51. The summed E-state index contributed by atoms with van der Waals surface area (Å²) < 4.78 is 1.88. The second-order valence-corrected chi connectivity index (χ2v) is 10.1. The third-order valence-corrected chi connectivity index (χ3v) is 7.36. The fourth-order valence-corrected chi connectivity index (χ4v) is 5.76. The zero-order valence-corrected chi connectivity index (χ0v) is 20.2. The second-order valence-electron chi connectivity index (χ2n) is 10.1. The van der Waals surface area contributed by atoms with Gasteiger partial charge in [0.1, 0.15) is 11.9 Å². The second kappa shape index (κ2) is 9.19. The van der Waals surface area contributed by atoms with E-state index in [0.717, 1.165) is 87.4 Å². The lowest BCUT2D eigenvalue weighted by Gasteiger charge is -2.37. The van der Waals surface area contributed by atoms with Gasteiger partial charge in [-0.15, -0.1) is 0 Å². The molecule has 0 spiro atoms. The van der Waals surface area contributed by atoms with Gasteiger partial charge in [0.15, 0.2) is 5.65 Å². The third kappa shape index (κ3) is 4.34. The van der Waals surface area contributed by atoms with Crippen molar-refractivity contribution in [1.82, 2.24) is 29.9 Å². The van der Waals surface area contributed by atoms with Gasteiger partial charge in [0.2, 0.25) is 5.91 Å². The summed E-state index contributed by atoms with van der Waals surface area (Å²) >= 11 is 0. The molecule has 3 aliphatic heterocycles. The van der Waals surface area contributed by atoms with E-state index < -0.39 is 0 Å². The Morgan fingerprint density at radius 3 is 2.88 bits per heavy atom. The van der Waals surface area contributed by atoms with E-state index in [9.17, 15) is 4.79 Å². The highest BCUT2D eigenvalue weighted by atomic mass is 16.2. The van der Waals surface area contributed by atoms with Crippen molar-refractivity contribution in [3.05, 3.63) is 23.5 Å². The normalized spacial score (nSPS) is 28.8. The Morgan fingerprint density at radius 1 is 1.27 bits per heavy atom. The van der Waals surface area contributed by atoms with Crippen molar-refractivity contribution in [3.8, 4) is 0 Å². The van der Waals surface area contributed by atoms with Crippen molar-refractivity contribution in [3.63, 3.8) is 0 Å². The van der Waals surface area contributed by atoms with E-state index in [0.29, 0.717) is 6.04 Å². The molecular formula is C24H38N8O. The molecule has 1 amide bonds. The van der Waals surface area contributed by atoms with Gasteiger partial charge >= 0.3 is 0 Å². The van der Waals surface area contributed by atoms with Crippen molar-refractivity contribution in [2.75, 3.05) is 31.1 Å². The van der Waals surface area contributed by atoms with Crippen LogP contribution in [0.25, 0.3) is 5.65 Å². The van der Waals surface area contributed by atoms with Gasteiger partial charge in [-0.3, -0.25) is 10.2 Å². The first-order valence-electron chi connectivity index (χ1n) is 12.6. The maximum absolute atomic E-state index is 13.7. The highest BCUT2D eigenvalue weighted by molar-refractivity contribution is 5.82. The van der Waals surface area contributed by atoms with Crippen LogP contribution in [0.15, 0.2) is 12.3 Å². The standard InChI is InChI=1S/C24H38N8O/c1-4-9-31-21(12-17(3)27-31)24(33)30-10-6-5-7-20(30)19-13-22-26-23(16(2)14-32(22)28-19)29-11-8-18(25)15-29/h13-14,17-18,20-21,27H,4-12,15,25H2,1-3H3/t17?,18-,20-,21?/m0/s1. The molecule has 0 bridgehead atoms. The summed E-state index contributed by atoms with van der Waals surface area (Å²) in [6, 6.07) is 2.53. The Bertz CT molecular complexity index is 1010. The van der Waals surface area contributed by atoms with Crippen LogP contribution in [0.1, 0.15) is 69.7 Å². The SMILES string of the molecule is CCCN1NC(C)CC1C(=O)N1CCCC[C@H]1c1cc2nc(N3CC[C@H](N)C3)c(C)cn2n1. The summed E-state index contributed by atoms with van der Waals surface area (Å²) in [7, 11) is 0. The fraction of sp³-hybridized carbons (Fsp3) is 0.708. The molecule has 2 aromatic heterocycles. The predicted octanol–water partition coefficient (Wildman–Crippen LogP) is 2.01. The summed E-state index contributed by atoms with van der Waals surface area (Å²) in [6.07, 6.45) is 8.06. The molecule has 0 saturated carbocycles. The van der Waals surface area contributed by atoms with Gasteiger partial charge in [-0.1, -0.05) is 6.92 Å². The topological polar surface area (TPSA) is 95.0 Å². The van der Waals surface area contributed by atoms with E-state index in [1.165, 1.54) is 0 Å². The molecule has 5 rings (SSSR count). The summed E-state index contributed by atoms with van der Waals surface area (Å²) in [4.78, 5) is 23.0. The number of anilines is 1. The van der Waals surface area contributed by atoms with Gasteiger partial charge in [-0.05, 0) is 52.4 Å². The Kier molecular flexibility index (Phi) is 6.28. The molecule has 2 aromatic rings. The van der Waals surface area contributed by atoms with E-state index in [4.69, 9.17) is 15.8 Å². The van der Waals surface area contributed by atoms with Crippen LogP contribution in [0.3, 0.4) is 0 Å². The first-order valence-corrected chi connectivity index (χ1v) is 12.6. The van der Waals surface area contributed by atoms with Crippen LogP contribution in [0.5, 0.6) is 0 Å². The summed E-state index contributed by atoms with van der Waals surface area (Å²) in [5, 5.41) is 7.05. The largest absolute Gasteiger partial charge is 0.355 e. The number of hydrogen-bond acceptors (Lipinski definition) is 7. The van der Waals surface area contributed by atoms with Crippen LogP contribution in [0.2, 0.25) is 0 Å². The van der Waals surface area contributed by atoms with Gasteiger partial charge in [0.25, 0.3) is 0 Å². The van der Waals surface area contributed by atoms with Crippen LogP contribution in [0.4, 0.5) is 5.82 Å². The van der Waals surface area contributed by atoms with Crippen molar-refractivity contribution < 1.29 is 4.79 Å². The molecule has 0 aromatic carbocycles. The molecule has 3 N–H and O–H groups in total. The number of nitrogens with two attached hydrogens (primary N) is 1. The number of hydrogen-bond donors (Lipinski definition) is 2. The Hall–Kier alpha value is -2.23. The summed E-state index contributed by atoms with van der Waals surface area (Å²) in [5.74, 6) is 1.23. The van der Waals surface area contributed by atoms with E-state index in [2.05, 4.69) is 53.3 Å². The first kappa shape index (κ1) is 22.6. The number of aryl methyl sites for hydroxylation is 1. The number of hydrazine groups is 1. The lowest BCUT2D eigenvalue weighted by molar-refractivity contribution is -0.140. The maximum atomic E-state index is 13.7. The molecular weight excluding hydrogens is 416 g/mol. The van der Waals surface area contributed by atoms with E-state index >= 15 is 0 Å². The van der Waals surface area contributed by atoms with Gasteiger partial charge in [0.05, 0.1) is 11.7 Å². The van der Waals surface area contributed by atoms with Crippen molar-refractivity contribution in [1.29, 1.82) is 0 Å². The van der Waals surface area contributed by atoms with E-state index in [1.807, 2.05) is 4.52 Å². The minimum atomic E-state index is -0.0936. The molecule has 33 heavy (non-hydrogen) atoms. The van der Waals surface area contributed by atoms with Crippen LogP contribution >= 0.6 is 0 Å². The Morgan fingerprint density at radius 2 is 2.12 bits per heavy atom. The smallest absolute Gasteiger partial charge is 0.241 e. The number of fused-ring (bicyclic) bond motifs is 1. The van der Waals surface area contributed by atoms with Gasteiger partial charge in [0, 0.05) is 56.1 Å². The number of carbonyl (C=O) groups is 1. The van der Waals surface area contributed by atoms with Crippen LogP contribution in [-0.4, -0.2) is 74.7 Å². The summed E-state index contributed by atoms with van der Waals surface area (Å²) in [6.45, 7) is 9.87. The predicted molar refractivity (Wildman–Crippen MR) is 129 cm³/mol. The quantitative estimate of drug-likeness (QED) is 0.714. The number of nitrogens with one attached hydrogen (secondary N) is 1. The number of likely N-dealkylation sites (tertiary alicyclic amines) is 1. The van der Waals surface area contributed by atoms with E-state index in [-0.39, 0.29) is 24.0 Å². The van der Waals surface area contributed by atoms with Crippen LogP contribution in [0, 0.1) is 6.92 Å². The minimum Gasteiger partial charge on any atom is -0.355 e. The number of piperidine rings is 1. The Balaban J connectivity index is 1.42. The average molecular weight is 455 g/mol. The molecule has 9 nitrogen and oxygen atoms in total. The lowest BCUT2D eigenvalue weighted by atomic mass is 9.97. The van der Waals surface area contributed by atoms with Crippen molar-refractivity contribution in [2.24, 2.45) is 5.73 Å². The minimum absolute atomic E-state index is 0.0105. The molecule has 2 unspecified atom stereocenters. The molecule has 3 aliphatic rings. The Labute approximate surface area is 196 Å². The van der Waals surface area contributed by atoms with Crippen LogP contribution in [-0.2, 0) is 4.79 Å². The van der Waals surface area contributed by atoms with Crippen molar-refractivity contribution in [2.45, 2.75) is 83.5 Å². The number of aromatic nitrogens is 3. The summed E-state index contributed by atoms with van der Waals surface area (Å²) in [5.41, 5.74) is 12.5. The monoisotopic (exact) mass is 454 g/mol. The fourth-order valence-electron chi connectivity index (χ4n) is 5.76. The maximum Gasteiger partial charge on any atom is 0.241 e. The van der Waals surface area contributed by atoms with Gasteiger partial charge in [-0.25, -0.2) is 14.5 Å². The molecule has 9 heteroatoms. The van der Waals surface area contributed by atoms with E-state index in [1.54, 1.807) is 0 Å². The molecule has 4 atom stereocenters. The van der Waals surface area contributed by atoms with Crippen molar-refractivity contribution >= 4 is 17.4 Å². The number of rotatable bonds is 5. The highest BCUT2D eigenvalue weighted by Crippen LogP contribution is 2.33. The molecule has 5 heterocycles. The third-order valence-electron chi connectivity index (χ3n) is 7.36. The molecule has 3 saturated heterocycles. The first-order chi connectivity index (χ1) is 15.9. The molecule has 0 aliphatic carbocycles. The number of amides is 1. The molecule has 180 valence electrons. The van der Waals surface area contributed by atoms with Crippen LogP contribution < -0.4 is 16.1 Å². The zero-order chi connectivity index (χ0) is 23.1. The highest BCUT2D eigenvalue weighted by Gasteiger charge is 2.40. The number of nitrogens with zero attached hydrogens (tertiary/aromatic N) is 6. The van der Waals surface area contributed by atoms with Gasteiger partial charge < -0.3 is 15.5 Å². The lowest BCUT2D eigenvalue weighted by Crippen LogP contribution is -2.50. The molecule has 0 radical (unpaired) electrons.